The van der Waals surface area contributed by atoms with Crippen LogP contribution in [-0.4, -0.2) is 22.9 Å². The summed E-state index contributed by atoms with van der Waals surface area (Å²) in [6, 6.07) is 0.875. The van der Waals surface area contributed by atoms with Crippen molar-refractivity contribution in [3.63, 3.8) is 0 Å². The Balaban J connectivity index is 2.19. The zero-order valence-corrected chi connectivity index (χ0v) is 7.55. The van der Waals surface area contributed by atoms with Crippen molar-refractivity contribution in [1.29, 1.82) is 0 Å². The molecule has 2 saturated heterocycles. The summed E-state index contributed by atoms with van der Waals surface area (Å²) in [5, 5.41) is 0. The summed E-state index contributed by atoms with van der Waals surface area (Å²) in [5.41, 5.74) is 1.32. The first-order chi connectivity index (χ1) is 5.68. The lowest BCUT2D eigenvalue weighted by Gasteiger charge is -2.36. The van der Waals surface area contributed by atoms with E-state index in [0.717, 1.165) is 25.7 Å². The van der Waals surface area contributed by atoms with Gasteiger partial charge >= 0.3 is 0 Å². The maximum absolute atomic E-state index is 11.4. The van der Waals surface area contributed by atoms with E-state index in [9.17, 15) is 4.79 Å². The van der Waals surface area contributed by atoms with Crippen LogP contribution in [-0.2, 0) is 4.79 Å². The zero-order chi connectivity index (χ0) is 8.72. The fourth-order valence-electron chi connectivity index (χ4n) is 2.50. The monoisotopic (exact) mass is 165 g/mol. The van der Waals surface area contributed by atoms with E-state index >= 15 is 0 Å². The second-order valence-electron chi connectivity index (χ2n) is 4.00. The quantitative estimate of drug-likeness (QED) is 0.500. The lowest BCUT2D eigenvalue weighted by Crippen LogP contribution is -2.43. The van der Waals surface area contributed by atoms with Gasteiger partial charge in [-0.1, -0.05) is 12.2 Å². The summed E-state index contributed by atoms with van der Waals surface area (Å²) in [6.45, 7) is 6.14. The molecule has 2 nitrogen and oxygen atoms in total. The van der Waals surface area contributed by atoms with Crippen LogP contribution in [0.3, 0.4) is 0 Å². The normalized spacial score (nSPS) is 35.6. The smallest absolute Gasteiger partial charge is 0.223 e. The van der Waals surface area contributed by atoms with E-state index < -0.39 is 0 Å². The van der Waals surface area contributed by atoms with Crippen molar-refractivity contribution in [2.24, 2.45) is 0 Å². The molecule has 0 bridgehead atoms. The number of amides is 1. The minimum atomic E-state index is 0.347. The lowest BCUT2D eigenvalue weighted by atomic mass is 9.94. The van der Waals surface area contributed by atoms with Crippen molar-refractivity contribution in [1.82, 2.24) is 4.90 Å². The van der Waals surface area contributed by atoms with Crippen LogP contribution in [0, 0.1) is 0 Å². The highest BCUT2D eigenvalue weighted by atomic mass is 16.2. The number of nitrogens with zero attached hydrogens (tertiary/aromatic N) is 1. The fraction of sp³-hybridized carbons (Fsp3) is 0.700. The van der Waals surface area contributed by atoms with Gasteiger partial charge in [-0.15, -0.1) is 0 Å². The molecule has 1 amide bonds. The predicted octanol–water partition coefficient (Wildman–Crippen LogP) is 1.72. The standard InChI is InChI=1S/C10H15NO/c1-7-5-8(2)11-9(6-7)3-4-10(11)12/h8-9H,1,3-6H2,2H3/t8-,9-/m0/s1. The lowest BCUT2D eigenvalue weighted by molar-refractivity contribution is -0.131. The number of hydrogen-bond acceptors (Lipinski definition) is 1. The highest BCUT2D eigenvalue weighted by molar-refractivity contribution is 5.79. The van der Waals surface area contributed by atoms with Crippen molar-refractivity contribution in [3.05, 3.63) is 12.2 Å². The number of hydrogen-bond donors (Lipinski definition) is 0. The molecule has 0 aromatic heterocycles. The summed E-state index contributed by atoms with van der Waals surface area (Å²) in [6.07, 6.45) is 3.84. The minimum absolute atomic E-state index is 0.347. The average molecular weight is 165 g/mol. The Morgan fingerprint density at radius 3 is 3.00 bits per heavy atom. The van der Waals surface area contributed by atoms with E-state index in [2.05, 4.69) is 18.4 Å². The molecule has 0 unspecified atom stereocenters. The van der Waals surface area contributed by atoms with Gasteiger partial charge in [0.1, 0.15) is 0 Å². The topological polar surface area (TPSA) is 20.3 Å². The van der Waals surface area contributed by atoms with Crippen LogP contribution in [0.2, 0.25) is 0 Å². The van der Waals surface area contributed by atoms with Crippen LogP contribution in [0.4, 0.5) is 0 Å². The largest absolute Gasteiger partial charge is 0.336 e. The van der Waals surface area contributed by atoms with E-state index in [1.165, 1.54) is 5.57 Å². The number of carbonyl (C=O) groups excluding carboxylic acids is 1. The molecule has 2 heteroatoms. The van der Waals surface area contributed by atoms with E-state index in [1.807, 2.05) is 0 Å². The minimum Gasteiger partial charge on any atom is -0.336 e. The first-order valence-corrected chi connectivity index (χ1v) is 4.66. The van der Waals surface area contributed by atoms with Crippen molar-refractivity contribution in [2.75, 3.05) is 0 Å². The van der Waals surface area contributed by atoms with Crippen LogP contribution >= 0.6 is 0 Å². The van der Waals surface area contributed by atoms with Gasteiger partial charge in [0.05, 0.1) is 0 Å². The van der Waals surface area contributed by atoms with Gasteiger partial charge in [-0.25, -0.2) is 0 Å². The van der Waals surface area contributed by atoms with Crippen LogP contribution in [0.25, 0.3) is 0 Å². The molecule has 2 heterocycles. The molecule has 0 aromatic carbocycles. The van der Waals surface area contributed by atoms with E-state index in [1.54, 1.807) is 0 Å². The Labute approximate surface area is 73.2 Å². The Kier molecular flexibility index (Phi) is 1.71. The molecule has 0 aromatic rings. The highest BCUT2D eigenvalue weighted by Gasteiger charge is 2.37. The molecule has 2 aliphatic rings. The van der Waals surface area contributed by atoms with Crippen molar-refractivity contribution in [2.45, 2.75) is 44.7 Å². The van der Waals surface area contributed by atoms with Crippen molar-refractivity contribution in [3.8, 4) is 0 Å². The Bertz CT molecular complexity index is 234. The van der Waals surface area contributed by atoms with E-state index in [0.29, 0.717) is 18.0 Å². The number of piperidine rings is 1. The molecule has 0 saturated carbocycles. The number of carbonyl (C=O) groups is 1. The third-order valence-electron chi connectivity index (χ3n) is 2.96. The molecule has 2 aliphatic heterocycles. The molecule has 2 atom stereocenters. The molecule has 0 N–H and O–H groups in total. The molecule has 2 rings (SSSR count). The Morgan fingerprint density at radius 1 is 1.50 bits per heavy atom. The van der Waals surface area contributed by atoms with Crippen molar-refractivity contribution < 1.29 is 4.79 Å². The van der Waals surface area contributed by atoms with Gasteiger partial charge in [-0.2, -0.15) is 0 Å². The summed E-state index contributed by atoms with van der Waals surface area (Å²) in [4.78, 5) is 13.5. The summed E-state index contributed by atoms with van der Waals surface area (Å²) < 4.78 is 0. The maximum atomic E-state index is 11.4. The Morgan fingerprint density at radius 2 is 2.25 bits per heavy atom. The van der Waals surface area contributed by atoms with Gasteiger partial charge in [0.15, 0.2) is 0 Å². The first-order valence-electron chi connectivity index (χ1n) is 4.66. The fourth-order valence-corrected chi connectivity index (χ4v) is 2.50. The molecule has 66 valence electrons. The SMILES string of the molecule is C=C1C[C@@H]2CCC(=O)N2[C@@H](C)C1. The van der Waals surface area contributed by atoms with Gasteiger partial charge in [-0.05, 0) is 26.2 Å². The summed E-state index contributed by atoms with van der Waals surface area (Å²) in [5.74, 6) is 0.347. The summed E-state index contributed by atoms with van der Waals surface area (Å²) in [7, 11) is 0. The molecule has 0 spiro atoms. The third-order valence-corrected chi connectivity index (χ3v) is 2.96. The number of rotatable bonds is 0. The summed E-state index contributed by atoms with van der Waals surface area (Å²) >= 11 is 0. The highest BCUT2D eigenvalue weighted by Crippen LogP contribution is 2.33. The number of fused-ring (bicyclic) bond motifs is 1. The van der Waals surface area contributed by atoms with Gasteiger partial charge in [0.25, 0.3) is 0 Å². The molecular weight excluding hydrogens is 150 g/mol. The molecule has 0 radical (unpaired) electrons. The first kappa shape index (κ1) is 7.84. The molecule has 0 aliphatic carbocycles. The second kappa shape index (κ2) is 2.61. The second-order valence-corrected chi connectivity index (χ2v) is 4.00. The van der Waals surface area contributed by atoms with E-state index in [4.69, 9.17) is 0 Å². The van der Waals surface area contributed by atoms with Crippen LogP contribution in [0.15, 0.2) is 12.2 Å². The van der Waals surface area contributed by atoms with Gasteiger partial charge in [0.2, 0.25) is 5.91 Å². The van der Waals surface area contributed by atoms with Gasteiger partial charge < -0.3 is 4.90 Å². The molecule has 12 heavy (non-hydrogen) atoms. The van der Waals surface area contributed by atoms with Crippen LogP contribution in [0.5, 0.6) is 0 Å². The van der Waals surface area contributed by atoms with Crippen LogP contribution < -0.4 is 0 Å². The van der Waals surface area contributed by atoms with E-state index in [-0.39, 0.29) is 0 Å². The molecule has 2 fully saturated rings. The maximum Gasteiger partial charge on any atom is 0.223 e. The third kappa shape index (κ3) is 1.06. The molecular formula is C10H15NO. The average Bonchev–Trinajstić information content (AvgIpc) is 2.31. The van der Waals surface area contributed by atoms with Gasteiger partial charge in [0, 0.05) is 18.5 Å². The Hall–Kier alpha value is -0.790. The van der Waals surface area contributed by atoms with Crippen LogP contribution in [0.1, 0.15) is 32.6 Å². The van der Waals surface area contributed by atoms with Gasteiger partial charge in [-0.3, -0.25) is 4.79 Å². The predicted molar refractivity (Wildman–Crippen MR) is 47.7 cm³/mol. The zero-order valence-electron chi connectivity index (χ0n) is 7.55. The van der Waals surface area contributed by atoms with Crippen molar-refractivity contribution >= 4 is 5.91 Å².